The number of amides is 1. The number of thioether (sulfide) groups is 1. The second-order valence-electron chi connectivity index (χ2n) is 5.57. The molecule has 0 heterocycles. The summed E-state index contributed by atoms with van der Waals surface area (Å²) in [5.74, 6) is 0.0922. The molecule has 110 valence electrons. The molecule has 0 spiro atoms. The molecule has 1 unspecified atom stereocenters. The first-order valence-electron chi connectivity index (χ1n) is 6.85. The van der Waals surface area contributed by atoms with E-state index in [2.05, 4.69) is 12.2 Å². The zero-order chi connectivity index (χ0) is 15.3. The van der Waals surface area contributed by atoms with Gasteiger partial charge in [0.1, 0.15) is 0 Å². The minimum Gasteiger partial charge on any atom is -0.350 e. The smallest absolute Gasteiger partial charge is 0.233 e. The van der Waals surface area contributed by atoms with Gasteiger partial charge in [0.15, 0.2) is 5.78 Å². The molecule has 3 nitrogen and oxygen atoms in total. The molecule has 0 aliphatic heterocycles. The average Bonchev–Trinajstić information content (AvgIpc) is 2.38. The van der Waals surface area contributed by atoms with Crippen molar-refractivity contribution >= 4 is 23.5 Å². The first-order chi connectivity index (χ1) is 9.25. The topological polar surface area (TPSA) is 46.2 Å². The van der Waals surface area contributed by atoms with Crippen LogP contribution in [-0.2, 0) is 4.79 Å². The van der Waals surface area contributed by atoms with Crippen LogP contribution >= 0.6 is 11.8 Å². The highest BCUT2D eigenvalue weighted by Crippen LogP contribution is 2.24. The van der Waals surface area contributed by atoms with Gasteiger partial charge in [-0.2, -0.15) is 0 Å². The third kappa shape index (κ3) is 5.00. The quantitative estimate of drug-likeness (QED) is 0.643. The number of carbonyl (C=O) groups excluding carboxylic acids is 2. The third-order valence-corrected chi connectivity index (χ3v) is 4.40. The van der Waals surface area contributed by atoms with Crippen LogP contribution in [0.25, 0.3) is 0 Å². The van der Waals surface area contributed by atoms with Crippen molar-refractivity contribution in [3.63, 3.8) is 0 Å². The second kappa shape index (κ2) is 6.93. The highest BCUT2D eigenvalue weighted by Gasteiger charge is 2.22. The number of carbonyl (C=O) groups is 2. The maximum absolute atomic E-state index is 12.1. The van der Waals surface area contributed by atoms with Crippen molar-refractivity contribution in [2.45, 2.75) is 56.7 Å². The summed E-state index contributed by atoms with van der Waals surface area (Å²) in [6.07, 6.45) is 0.892. The first kappa shape index (κ1) is 16.8. The highest BCUT2D eigenvalue weighted by molar-refractivity contribution is 8.00. The summed E-state index contributed by atoms with van der Waals surface area (Å²) in [6, 6.07) is 7.36. The lowest BCUT2D eigenvalue weighted by atomic mass is 10.0. The van der Waals surface area contributed by atoms with E-state index in [1.165, 1.54) is 11.8 Å². The molecular weight excluding hydrogens is 270 g/mol. The fraction of sp³-hybridized carbons (Fsp3) is 0.500. The molecule has 0 saturated carbocycles. The Labute approximate surface area is 125 Å². The zero-order valence-corrected chi connectivity index (χ0v) is 13.6. The van der Waals surface area contributed by atoms with Gasteiger partial charge >= 0.3 is 0 Å². The molecule has 0 radical (unpaired) electrons. The predicted molar refractivity (Wildman–Crippen MR) is 84.3 cm³/mol. The number of rotatable bonds is 6. The fourth-order valence-electron chi connectivity index (χ4n) is 1.55. The largest absolute Gasteiger partial charge is 0.350 e. The minimum absolute atomic E-state index is 0.0393. The summed E-state index contributed by atoms with van der Waals surface area (Å²) in [5.41, 5.74) is 0.517. The van der Waals surface area contributed by atoms with E-state index in [1.54, 1.807) is 19.1 Å². The second-order valence-corrected chi connectivity index (χ2v) is 6.98. The molecule has 1 N–H and O–H groups in total. The molecule has 0 fully saturated rings. The Morgan fingerprint density at radius 1 is 1.25 bits per heavy atom. The van der Waals surface area contributed by atoms with Gasteiger partial charge in [-0.25, -0.2) is 0 Å². The van der Waals surface area contributed by atoms with Gasteiger partial charge in [0.05, 0.1) is 5.25 Å². The Morgan fingerprint density at radius 3 is 2.25 bits per heavy atom. The molecule has 1 aromatic carbocycles. The average molecular weight is 293 g/mol. The van der Waals surface area contributed by atoms with E-state index < -0.39 is 0 Å². The van der Waals surface area contributed by atoms with Gasteiger partial charge < -0.3 is 5.32 Å². The van der Waals surface area contributed by atoms with Gasteiger partial charge in [-0.1, -0.05) is 19.1 Å². The predicted octanol–water partition coefficient (Wildman–Crippen LogP) is 3.67. The molecule has 1 rings (SSSR count). The van der Waals surface area contributed by atoms with Gasteiger partial charge in [-0.15, -0.1) is 11.8 Å². The normalized spacial score (nSPS) is 12.8. The van der Waals surface area contributed by atoms with Crippen molar-refractivity contribution in [3.8, 4) is 0 Å². The Kier molecular flexibility index (Phi) is 5.81. The minimum atomic E-state index is -0.176. The lowest BCUT2D eigenvalue weighted by Gasteiger charge is -2.26. The number of nitrogens with one attached hydrogen (secondary N) is 1. The lowest BCUT2D eigenvalue weighted by Crippen LogP contribution is -2.46. The Hall–Kier alpha value is -1.29. The summed E-state index contributed by atoms with van der Waals surface area (Å²) >= 11 is 1.50. The number of ketones is 1. The molecule has 0 saturated heterocycles. The zero-order valence-electron chi connectivity index (χ0n) is 12.8. The van der Waals surface area contributed by atoms with Crippen LogP contribution in [0, 0.1) is 0 Å². The van der Waals surface area contributed by atoms with Crippen molar-refractivity contribution in [3.05, 3.63) is 29.8 Å². The van der Waals surface area contributed by atoms with Gasteiger partial charge in [0.25, 0.3) is 0 Å². The van der Waals surface area contributed by atoms with Crippen LogP contribution < -0.4 is 5.32 Å². The van der Waals surface area contributed by atoms with Crippen LogP contribution in [0.4, 0.5) is 0 Å². The van der Waals surface area contributed by atoms with E-state index in [0.29, 0.717) is 5.56 Å². The molecule has 1 atom stereocenters. The van der Waals surface area contributed by atoms with Crippen LogP contribution in [0.1, 0.15) is 51.4 Å². The van der Waals surface area contributed by atoms with Crippen LogP contribution in [-0.4, -0.2) is 22.5 Å². The molecule has 1 aromatic rings. The van der Waals surface area contributed by atoms with Crippen molar-refractivity contribution in [1.82, 2.24) is 5.32 Å². The van der Waals surface area contributed by atoms with Crippen LogP contribution in [0.3, 0.4) is 0 Å². The Morgan fingerprint density at radius 2 is 1.80 bits per heavy atom. The molecule has 0 bridgehead atoms. The van der Waals surface area contributed by atoms with Gasteiger partial charge in [-0.05, 0) is 46.2 Å². The van der Waals surface area contributed by atoms with E-state index >= 15 is 0 Å². The maximum Gasteiger partial charge on any atom is 0.233 e. The summed E-state index contributed by atoms with van der Waals surface area (Å²) in [7, 11) is 0. The van der Waals surface area contributed by atoms with Gasteiger partial charge in [0.2, 0.25) is 5.91 Å². The molecule has 0 aliphatic rings. The van der Waals surface area contributed by atoms with Crippen molar-refractivity contribution in [1.29, 1.82) is 0 Å². The third-order valence-electron chi connectivity index (χ3n) is 3.29. The van der Waals surface area contributed by atoms with E-state index in [1.807, 2.05) is 32.9 Å². The first-order valence-corrected chi connectivity index (χ1v) is 7.73. The summed E-state index contributed by atoms with van der Waals surface area (Å²) < 4.78 is 0. The van der Waals surface area contributed by atoms with E-state index in [9.17, 15) is 9.59 Å². The standard InChI is InChI=1S/C16H23NO2S/c1-6-16(4,5)17-15(19)12(3)20-14-9-7-13(8-10-14)11(2)18/h7-10,12H,6H2,1-5H3,(H,17,19). The molecule has 0 aromatic heterocycles. The lowest BCUT2D eigenvalue weighted by molar-refractivity contribution is -0.121. The molecular formula is C16H23NO2S. The van der Waals surface area contributed by atoms with Crippen molar-refractivity contribution in [2.75, 3.05) is 0 Å². The number of hydrogen-bond donors (Lipinski definition) is 1. The van der Waals surface area contributed by atoms with Crippen LogP contribution in [0.15, 0.2) is 29.2 Å². The number of benzene rings is 1. The summed E-state index contributed by atoms with van der Waals surface area (Å²) in [5, 5.41) is 2.88. The number of hydrogen-bond acceptors (Lipinski definition) is 3. The monoisotopic (exact) mass is 293 g/mol. The fourth-order valence-corrected chi connectivity index (χ4v) is 2.42. The van der Waals surface area contributed by atoms with Gasteiger partial charge in [0, 0.05) is 16.0 Å². The molecule has 0 aliphatic carbocycles. The van der Waals surface area contributed by atoms with E-state index in [0.717, 1.165) is 11.3 Å². The molecule has 4 heteroatoms. The number of Topliss-reactive ketones (excluding diaryl/α,β-unsaturated/α-hetero) is 1. The van der Waals surface area contributed by atoms with Crippen LogP contribution in [0.5, 0.6) is 0 Å². The SMILES string of the molecule is CCC(C)(C)NC(=O)C(C)Sc1ccc(C(C)=O)cc1. The van der Waals surface area contributed by atoms with Crippen molar-refractivity contribution in [2.24, 2.45) is 0 Å². The Bertz CT molecular complexity index is 480. The summed E-state index contributed by atoms with van der Waals surface area (Å²) in [6.45, 7) is 9.53. The van der Waals surface area contributed by atoms with Gasteiger partial charge in [-0.3, -0.25) is 9.59 Å². The Balaban J connectivity index is 2.63. The highest BCUT2D eigenvalue weighted by atomic mass is 32.2. The van der Waals surface area contributed by atoms with Crippen molar-refractivity contribution < 1.29 is 9.59 Å². The summed E-state index contributed by atoms with van der Waals surface area (Å²) in [4.78, 5) is 24.3. The van der Waals surface area contributed by atoms with E-state index in [-0.39, 0.29) is 22.5 Å². The molecule has 1 amide bonds. The van der Waals surface area contributed by atoms with Crippen LogP contribution in [0.2, 0.25) is 0 Å². The van der Waals surface area contributed by atoms with E-state index in [4.69, 9.17) is 0 Å². The molecule has 20 heavy (non-hydrogen) atoms. The maximum atomic E-state index is 12.1.